The summed E-state index contributed by atoms with van der Waals surface area (Å²) in [5, 5.41) is 0.620. The summed E-state index contributed by atoms with van der Waals surface area (Å²) in [5.41, 5.74) is 8.26. The van der Waals surface area contributed by atoms with Gasteiger partial charge in [-0.25, -0.2) is 4.98 Å². The molecule has 2 N–H and O–H groups in total. The molecule has 0 aliphatic heterocycles. The van der Waals surface area contributed by atoms with Gasteiger partial charge in [0.15, 0.2) is 5.58 Å². The van der Waals surface area contributed by atoms with Gasteiger partial charge in [-0.2, -0.15) is 0 Å². The van der Waals surface area contributed by atoms with Crippen LogP contribution in [0.1, 0.15) is 5.56 Å². The van der Waals surface area contributed by atoms with Crippen molar-refractivity contribution in [2.75, 3.05) is 0 Å². The Balaban J connectivity index is 1.96. The predicted octanol–water partition coefficient (Wildman–Crippen LogP) is 3.18. The van der Waals surface area contributed by atoms with Gasteiger partial charge in [-0.3, -0.25) is 4.79 Å². The molecule has 3 aromatic rings. The van der Waals surface area contributed by atoms with Crippen LogP contribution >= 0.6 is 11.6 Å². The van der Waals surface area contributed by atoms with Crippen molar-refractivity contribution in [1.29, 1.82) is 0 Å². The Bertz CT molecular complexity index is 778. The second kappa shape index (κ2) is 4.98. The van der Waals surface area contributed by atoms with Gasteiger partial charge in [0.1, 0.15) is 5.52 Å². The predicted molar refractivity (Wildman–Crippen MR) is 77.4 cm³/mol. The van der Waals surface area contributed by atoms with Gasteiger partial charge in [0, 0.05) is 10.6 Å². The third kappa shape index (κ3) is 2.51. The molecule has 0 radical (unpaired) electrons. The molecule has 3 rings (SSSR count). The molecule has 1 amide bonds. The minimum absolute atomic E-state index is 0.226. The number of nitrogens with zero attached hydrogens (tertiary/aromatic N) is 1. The maximum atomic E-state index is 10.9. The van der Waals surface area contributed by atoms with E-state index in [4.69, 9.17) is 21.8 Å². The van der Waals surface area contributed by atoms with Crippen LogP contribution in [0.5, 0.6) is 0 Å². The summed E-state index contributed by atoms with van der Waals surface area (Å²) in [6, 6.07) is 12.7. The Kier molecular flexibility index (Phi) is 3.16. The van der Waals surface area contributed by atoms with E-state index in [-0.39, 0.29) is 12.3 Å². The molecular formula is C15H11ClN2O2. The highest BCUT2D eigenvalue weighted by atomic mass is 35.5. The molecule has 0 bridgehead atoms. The number of carbonyl (C=O) groups is 1. The van der Waals surface area contributed by atoms with Gasteiger partial charge in [0.25, 0.3) is 0 Å². The number of amides is 1. The van der Waals surface area contributed by atoms with Gasteiger partial charge in [-0.05, 0) is 35.9 Å². The smallest absolute Gasteiger partial charge is 0.227 e. The Morgan fingerprint density at radius 2 is 1.95 bits per heavy atom. The first-order valence-electron chi connectivity index (χ1n) is 6.05. The quantitative estimate of drug-likeness (QED) is 0.804. The van der Waals surface area contributed by atoms with E-state index in [0.29, 0.717) is 22.0 Å². The Morgan fingerprint density at radius 3 is 2.65 bits per heavy atom. The first-order valence-corrected chi connectivity index (χ1v) is 6.43. The molecule has 0 unspecified atom stereocenters. The van der Waals surface area contributed by atoms with Crippen LogP contribution in [0.4, 0.5) is 0 Å². The summed E-state index contributed by atoms with van der Waals surface area (Å²) in [5.74, 6) is 0.169. The first kappa shape index (κ1) is 12.7. The van der Waals surface area contributed by atoms with Gasteiger partial charge in [-0.1, -0.05) is 23.7 Å². The Labute approximate surface area is 120 Å². The maximum absolute atomic E-state index is 10.9. The molecule has 100 valence electrons. The second-order valence-corrected chi connectivity index (χ2v) is 4.91. The van der Waals surface area contributed by atoms with Gasteiger partial charge in [0.2, 0.25) is 11.8 Å². The lowest BCUT2D eigenvalue weighted by molar-refractivity contribution is -0.117. The molecule has 1 aromatic heterocycles. The summed E-state index contributed by atoms with van der Waals surface area (Å²) in [6.07, 6.45) is 0.226. The number of nitrogens with two attached hydrogens (primary N) is 1. The van der Waals surface area contributed by atoms with Crippen LogP contribution in [0, 0.1) is 0 Å². The fourth-order valence-electron chi connectivity index (χ4n) is 1.99. The van der Waals surface area contributed by atoms with E-state index in [2.05, 4.69) is 4.98 Å². The minimum atomic E-state index is -0.353. The fourth-order valence-corrected chi connectivity index (χ4v) is 2.16. The summed E-state index contributed by atoms with van der Waals surface area (Å²) in [6.45, 7) is 0. The second-order valence-electron chi connectivity index (χ2n) is 4.47. The van der Waals surface area contributed by atoms with E-state index in [1.807, 2.05) is 24.3 Å². The summed E-state index contributed by atoms with van der Waals surface area (Å²) < 4.78 is 5.67. The Morgan fingerprint density at radius 1 is 1.20 bits per heavy atom. The zero-order chi connectivity index (χ0) is 14.1. The zero-order valence-corrected chi connectivity index (χ0v) is 11.2. The zero-order valence-electron chi connectivity index (χ0n) is 10.5. The van der Waals surface area contributed by atoms with Crippen LogP contribution in [0.15, 0.2) is 46.9 Å². The van der Waals surface area contributed by atoms with Gasteiger partial charge < -0.3 is 10.2 Å². The lowest BCUT2D eigenvalue weighted by atomic mass is 10.1. The monoisotopic (exact) mass is 286 g/mol. The molecule has 5 heteroatoms. The largest absolute Gasteiger partial charge is 0.436 e. The van der Waals surface area contributed by atoms with Crippen molar-refractivity contribution in [2.24, 2.45) is 5.73 Å². The first-order chi connectivity index (χ1) is 9.61. The molecule has 0 saturated carbocycles. The molecular weight excluding hydrogens is 276 g/mol. The molecule has 0 atom stereocenters. The molecule has 0 fully saturated rings. The number of primary amides is 1. The van der Waals surface area contributed by atoms with Crippen molar-refractivity contribution in [3.63, 3.8) is 0 Å². The molecule has 1 heterocycles. The van der Waals surface area contributed by atoms with Crippen LogP contribution in [0.3, 0.4) is 0 Å². The van der Waals surface area contributed by atoms with Crippen LogP contribution < -0.4 is 5.73 Å². The van der Waals surface area contributed by atoms with Crippen molar-refractivity contribution in [3.05, 3.63) is 53.1 Å². The van der Waals surface area contributed by atoms with Crippen LogP contribution in [-0.2, 0) is 11.2 Å². The molecule has 0 aliphatic carbocycles. The third-order valence-electron chi connectivity index (χ3n) is 2.93. The lowest BCUT2D eigenvalue weighted by Crippen LogP contribution is -2.13. The van der Waals surface area contributed by atoms with Crippen molar-refractivity contribution < 1.29 is 9.21 Å². The average molecular weight is 287 g/mol. The molecule has 0 aliphatic rings. The number of rotatable bonds is 3. The maximum Gasteiger partial charge on any atom is 0.227 e. The average Bonchev–Trinajstić information content (AvgIpc) is 2.81. The van der Waals surface area contributed by atoms with Crippen molar-refractivity contribution in [1.82, 2.24) is 4.98 Å². The van der Waals surface area contributed by atoms with E-state index in [0.717, 1.165) is 11.1 Å². The number of halogens is 1. The van der Waals surface area contributed by atoms with Crippen molar-refractivity contribution in [3.8, 4) is 11.5 Å². The number of hydrogen-bond acceptors (Lipinski definition) is 3. The van der Waals surface area contributed by atoms with E-state index >= 15 is 0 Å². The standard InChI is InChI=1S/C15H11ClN2O2/c16-11-5-6-13-12(8-11)18-15(20-13)10-3-1-9(2-4-10)7-14(17)19/h1-6,8H,7H2,(H2,17,19). The van der Waals surface area contributed by atoms with E-state index in [1.54, 1.807) is 18.2 Å². The summed E-state index contributed by atoms with van der Waals surface area (Å²) in [4.78, 5) is 15.2. The van der Waals surface area contributed by atoms with Crippen molar-refractivity contribution >= 4 is 28.6 Å². The van der Waals surface area contributed by atoms with Gasteiger partial charge in [-0.15, -0.1) is 0 Å². The van der Waals surface area contributed by atoms with E-state index in [9.17, 15) is 4.79 Å². The fraction of sp³-hybridized carbons (Fsp3) is 0.0667. The highest BCUT2D eigenvalue weighted by Crippen LogP contribution is 2.26. The third-order valence-corrected chi connectivity index (χ3v) is 3.16. The SMILES string of the molecule is NC(=O)Cc1ccc(-c2nc3cc(Cl)ccc3o2)cc1. The number of fused-ring (bicyclic) bond motifs is 1. The number of oxazole rings is 1. The normalized spacial score (nSPS) is 10.8. The topological polar surface area (TPSA) is 69.1 Å². The van der Waals surface area contributed by atoms with Gasteiger partial charge in [0.05, 0.1) is 6.42 Å². The van der Waals surface area contributed by atoms with Crippen LogP contribution in [0.2, 0.25) is 5.02 Å². The number of benzene rings is 2. The van der Waals surface area contributed by atoms with Crippen LogP contribution in [0.25, 0.3) is 22.6 Å². The molecule has 0 spiro atoms. The van der Waals surface area contributed by atoms with E-state index in [1.165, 1.54) is 0 Å². The molecule has 4 nitrogen and oxygen atoms in total. The minimum Gasteiger partial charge on any atom is -0.436 e. The van der Waals surface area contributed by atoms with Crippen molar-refractivity contribution in [2.45, 2.75) is 6.42 Å². The summed E-state index contributed by atoms with van der Waals surface area (Å²) in [7, 11) is 0. The summed E-state index contributed by atoms with van der Waals surface area (Å²) >= 11 is 5.92. The van der Waals surface area contributed by atoms with Gasteiger partial charge >= 0.3 is 0 Å². The number of hydrogen-bond donors (Lipinski definition) is 1. The number of carbonyl (C=O) groups excluding carboxylic acids is 1. The highest BCUT2D eigenvalue weighted by Gasteiger charge is 2.08. The van der Waals surface area contributed by atoms with Crippen LogP contribution in [-0.4, -0.2) is 10.9 Å². The molecule has 2 aromatic carbocycles. The molecule has 20 heavy (non-hydrogen) atoms. The van der Waals surface area contributed by atoms with E-state index < -0.39 is 0 Å². The lowest BCUT2D eigenvalue weighted by Gasteiger charge is -1.99. The molecule has 0 saturated heterocycles. The highest BCUT2D eigenvalue weighted by molar-refractivity contribution is 6.31. The Hall–Kier alpha value is -2.33. The number of aromatic nitrogens is 1.